The summed E-state index contributed by atoms with van der Waals surface area (Å²) in [6.45, 7) is 4.30. The van der Waals surface area contributed by atoms with Crippen LogP contribution in [0, 0.1) is 6.92 Å². The Balaban J connectivity index is 1.25. The van der Waals surface area contributed by atoms with Crippen molar-refractivity contribution >= 4 is 28.5 Å². The molecule has 0 aliphatic carbocycles. The summed E-state index contributed by atoms with van der Waals surface area (Å²) in [6, 6.07) is 23.8. The summed E-state index contributed by atoms with van der Waals surface area (Å²) in [6.07, 6.45) is 4.00. The van der Waals surface area contributed by atoms with Gasteiger partial charge in [0.2, 0.25) is 5.91 Å². The molecular formula is C29H32ClN3O2. The Morgan fingerprint density at radius 3 is 2.54 bits per heavy atom. The summed E-state index contributed by atoms with van der Waals surface area (Å²) in [5.41, 5.74) is 4.37. The van der Waals surface area contributed by atoms with Crippen LogP contribution in [0.5, 0.6) is 5.75 Å². The molecule has 3 aromatic carbocycles. The average Bonchev–Trinajstić information content (AvgIpc) is 3.21. The maximum atomic E-state index is 12.3. The molecule has 0 spiro atoms. The second-order valence-electron chi connectivity index (χ2n) is 8.79. The van der Waals surface area contributed by atoms with E-state index in [-0.39, 0.29) is 5.91 Å². The van der Waals surface area contributed by atoms with Crippen LogP contribution in [0.2, 0.25) is 5.02 Å². The maximum Gasteiger partial charge on any atom is 0.224 e. The third kappa shape index (κ3) is 7.33. The topological polar surface area (TPSA) is 56.1 Å². The molecule has 0 aliphatic heterocycles. The molecule has 4 aromatic rings. The highest BCUT2D eigenvalue weighted by Gasteiger charge is 2.11. The van der Waals surface area contributed by atoms with Gasteiger partial charge in [0.15, 0.2) is 0 Å². The Morgan fingerprint density at radius 2 is 1.74 bits per heavy atom. The number of nitrogens with zero attached hydrogens (tertiary/aromatic N) is 2. The van der Waals surface area contributed by atoms with E-state index in [9.17, 15) is 4.79 Å². The number of aryl methyl sites for hydroxylation is 3. The van der Waals surface area contributed by atoms with Gasteiger partial charge in [-0.2, -0.15) is 0 Å². The van der Waals surface area contributed by atoms with E-state index < -0.39 is 0 Å². The number of aromatic nitrogens is 2. The van der Waals surface area contributed by atoms with Crippen LogP contribution in [0.1, 0.15) is 36.2 Å². The molecular weight excluding hydrogens is 458 g/mol. The number of imidazole rings is 1. The van der Waals surface area contributed by atoms with Gasteiger partial charge in [-0.15, -0.1) is 0 Å². The Kier molecular flexibility index (Phi) is 8.79. The summed E-state index contributed by atoms with van der Waals surface area (Å²) in [5.74, 6) is 2.01. The molecule has 6 heteroatoms. The standard InChI is InChI=1S/C29H32ClN3O2/c1-22-10-16-25(17-11-22)35-20-5-4-19-33-27-8-3-2-7-26(27)32-28(33)9-6-18-31-29(34)21-23-12-14-24(30)15-13-23/h2-3,7-8,10-17H,4-6,9,18-21H2,1H3,(H,31,34). The predicted octanol–water partition coefficient (Wildman–Crippen LogP) is 6.15. The van der Waals surface area contributed by atoms with Crippen LogP contribution in [0.3, 0.4) is 0 Å². The van der Waals surface area contributed by atoms with Gasteiger partial charge >= 0.3 is 0 Å². The Morgan fingerprint density at radius 1 is 0.971 bits per heavy atom. The third-order valence-corrected chi connectivity index (χ3v) is 6.23. The molecule has 1 amide bonds. The molecule has 1 N–H and O–H groups in total. The molecule has 0 saturated heterocycles. The van der Waals surface area contributed by atoms with Crippen molar-refractivity contribution in [1.29, 1.82) is 0 Å². The zero-order valence-corrected chi connectivity index (χ0v) is 20.9. The number of carbonyl (C=O) groups is 1. The number of halogens is 1. The van der Waals surface area contributed by atoms with Gasteiger partial charge in [0.1, 0.15) is 11.6 Å². The number of hydrogen-bond acceptors (Lipinski definition) is 3. The van der Waals surface area contributed by atoms with Gasteiger partial charge in [0.25, 0.3) is 0 Å². The number of fused-ring (bicyclic) bond motifs is 1. The highest BCUT2D eigenvalue weighted by atomic mass is 35.5. The van der Waals surface area contributed by atoms with Gasteiger partial charge in [0, 0.05) is 24.5 Å². The molecule has 0 unspecified atom stereocenters. The van der Waals surface area contributed by atoms with Crippen molar-refractivity contribution in [2.45, 2.75) is 45.6 Å². The van der Waals surface area contributed by atoms with Crippen LogP contribution < -0.4 is 10.1 Å². The summed E-state index contributed by atoms with van der Waals surface area (Å²) in [7, 11) is 0. The van der Waals surface area contributed by atoms with Crippen molar-refractivity contribution in [3.8, 4) is 5.75 Å². The lowest BCUT2D eigenvalue weighted by atomic mass is 10.1. The van der Waals surface area contributed by atoms with Crippen molar-refractivity contribution in [3.63, 3.8) is 0 Å². The fourth-order valence-corrected chi connectivity index (χ4v) is 4.21. The van der Waals surface area contributed by atoms with E-state index in [2.05, 4.69) is 47.1 Å². The number of amides is 1. The summed E-state index contributed by atoms with van der Waals surface area (Å²) in [4.78, 5) is 17.1. The molecule has 0 aliphatic rings. The number of para-hydroxylation sites is 2. The van der Waals surface area contributed by atoms with Gasteiger partial charge < -0.3 is 14.6 Å². The van der Waals surface area contributed by atoms with E-state index >= 15 is 0 Å². The summed E-state index contributed by atoms with van der Waals surface area (Å²) < 4.78 is 8.19. The average molecular weight is 490 g/mol. The fourth-order valence-electron chi connectivity index (χ4n) is 4.09. The minimum absolute atomic E-state index is 0.0226. The summed E-state index contributed by atoms with van der Waals surface area (Å²) >= 11 is 5.91. The van der Waals surface area contributed by atoms with Crippen LogP contribution in [0.4, 0.5) is 0 Å². The number of ether oxygens (including phenoxy) is 1. The predicted molar refractivity (Wildman–Crippen MR) is 142 cm³/mol. The van der Waals surface area contributed by atoms with E-state index in [1.165, 1.54) is 5.56 Å². The molecule has 5 nitrogen and oxygen atoms in total. The van der Waals surface area contributed by atoms with Crippen molar-refractivity contribution in [3.05, 3.63) is 94.8 Å². The number of hydrogen-bond donors (Lipinski definition) is 1. The van der Waals surface area contributed by atoms with Gasteiger partial charge in [0.05, 0.1) is 24.1 Å². The van der Waals surface area contributed by atoms with Crippen molar-refractivity contribution in [2.75, 3.05) is 13.2 Å². The molecule has 182 valence electrons. The van der Waals surface area contributed by atoms with E-state index in [1.807, 2.05) is 42.5 Å². The lowest BCUT2D eigenvalue weighted by molar-refractivity contribution is -0.120. The van der Waals surface area contributed by atoms with E-state index in [1.54, 1.807) is 0 Å². The van der Waals surface area contributed by atoms with Crippen LogP contribution in [0.25, 0.3) is 11.0 Å². The van der Waals surface area contributed by atoms with Crippen LogP contribution >= 0.6 is 11.6 Å². The van der Waals surface area contributed by atoms with Gasteiger partial charge in [-0.25, -0.2) is 4.98 Å². The smallest absolute Gasteiger partial charge is 0.224 e. The first-order valence-electron chi connectivity index (χ1n) is 12.2. The lowest BCUT2D eigenvalue weighted by Crippen LogP contribution is -2.26. The molecule has 0 fully saturated rings. The molecule has 0 bridgehead atoms. The molecule has 1 heterocycles. The Hall–Kier alpha value is -3.31. The van der Waals surface area contributed by atoms with Crippen LogP contribution in [0.15, 0.2) is 72.8 Å². The van der Waals surface area contributed by atoms with Crippen molar-refractivity contribution < 1.29 is 9.53 Å². The zero-order chi connectivity index (χ0) is 24.5. The quantitative estimate of drug-likeness (QED) is 0.243. The molecule has 0 saturated carbocycles. The molecule has 0 radical (unpaired) electrons. The van der Waals surface area contributed by atoms with E-state index in [0.717, 1.165) is 60.4 Å². The number of carbonyl (C=O) groups excluding carboxylic acids is 1. The number of nitrogens with one attached hydrogen (secondary N) is 1. The number of benzene rings is 3. The number of rotatable bonds is 12. The zero-order valence-electron chi connectivity index (χ0n) is 20.2. The minimum Gasteiger partial charge on any atom is -0.494 e. The van der Waals surface area contributed by atoms with Crippen molar-refractivity contribution in [1.82, 2.24) is 14.9 Å². The van der Waals surface area contributed by atoms with Gasteiger partial charge in [-0.3, -0.25) is 4.79 Å². The normalized spacial score (nSPS) is 11.0. The van der Waals surface area contributed by atoms with Crippen LogP contribution in [-0.2, 0) is 24.2 Å². The van der Waals surface area contributed by atoms with Crippen LogP contribution in [-0.4, -0.2) is 28.6 Å². The lowest BCUT2D eigenvalue weighted by Gasteiger charge is -2.11. The first kappa shape index (κ1) is 24.8. The molecule has 35 heavy (non-hydrogen) atoms. The Bertz CT molecular complexity index is 1230. The Labute approximate surface area is 212 Å². The van der Waals surface area contributed by atoms with Gasteiger partial charge in [-0.1, -0.05) is 53.6 Å². The number of unbranched alkanes of at least 4 members (excludes halogenated alkanes) is 1. The largest absolute Gasteiger partial charge is 0.494 e. The van der Waals surface area contributed by atoms with E-state index in [0.29, 0.717) is 24.6 Å². The van der Waals surface area contributed by atoms with E-state index in [4.69, 9.17) is 21.3 Å². The monoisotopic (exact) mass is 489 g/mol. The maximum absolute atomic E-state index is 12.3. The van der Waals surface area contributed by atoms with Crippen molar-refractivity contribution in [2.24, 2.45) is 0 Å². The molecule has 1 aromatic heterocycles. The first-order chi connectivity index (χ1) is 17.1. The molecule has 4 rings (SSSR count). The minimum atomic E-state index is 0.0226. The van der Waals surface area contributed by atoms with Gasteiger partial charge in [-0.05, 0) is 68.1 Å². The SMILES string of the molecule is Cc1ccc(OCCCCn2c(CCCNC(=O)Cc3ccc(Cl)cc3)nc3ccccc32)cc1. The highest BCUT2D eigenvalue weighted by Crippen LogP contribution is 2.19. The molecule has 0 atom stereocenters. The highest BCUT2D eigenvalue weighted by molar-refractivity contribution is 6.30. The summed E-state index contributed by atoms with van der Waals surface area (Å²) in [5, 5.41) is 3.70. The first-order valence-corrected chi connectivity index (χ1v) is 12.6. The second-order valence-corrected chi connectivity index (χ2v) is 9.23. The third-order valence-electron chi connectivity index (χ3n) is 5.98. The fraction of sp³-hybridized carbons (Fsp3) is 0.310. The second kappa shape index (κ2) is 12.4.